The average molecular weight is 172 g/mol. The van der Waals surface area contributed by atoms with E-state index in [0.717, 1.165) is 0 Å². The van der Waals surface area contributed by atoms with Gasteiger partial charge in [-0.15, -0.1) is 0 Å². The second-order valence-corrected chi connectivity index (χ2v) is 2.21. The lowest BCUT2D eigenvalue weighted by atomic mass is 10.1. The molecule has 0 bridgehead atoms. The van der Waals surface area contributed by atoms with Crippen molar-refractivity contribution in [2.24, 2.45) is 0 Å². The van der Waals surface area contributed by atoms with E-state index in [0.29, 0.717) is 0 Å². The van der Waals surface area contributed by atoms with Crippen LogP contribution in [0.3, 0.4) is 0 Å². The van der Waals surface area contributed by atoms with Crippen LogP contribution in [-0.2, 0) is 0 Å². The van der Waals surface area contributed by atoms with Crippen LogP contribution in [0.25, 0.3) is 0 Å². The Morgan fingerprint density at radius 2 is 1.73 bits per heavy atom. The first-order chi connectivity index (χ1) is 5.09. The standard InChI is InChI=1S/C6H11F3O2/c7-3-1-2-4(8)5(9)6(10)11/h4-6,10-11H,1-3H2. The number of aliphatic hydroxyl groups excluding tert-OH is 1. The van der Waals surface area contributed by atoms with Gasteiger partial charge in [-0.25, -0.2) is 8.78 Å². The molecule has 0 saturated heterocycles. The lowest BCUT2D eigenvalue weighted by Gasteiger charge is -2.13. The number of hydrogen-bond acceptors (Lipinski definition) is 2. The highest BCUT2D eigenvalue weighted by Gasteiger charge is 2.25. The topological polar surface area (TPSA) is 40.5 Å². The molecule has 0 aliphatic heterocycles. The molecule has 5 heteroatoms. The minimum absolute atomic E-state index is 0.103. The van der Waals surface area contributed by atoms with E-state index in [2.05, 4.69) is 0 Å². The second kappa shape index (κ2) is 5.37. The molecule has 2 unspecified atom stereocenters. The molecule has 0 saturated carbocycles. The Kier molecular flexibility index (Phi) is 5.23. The smallest absolute Gasteiger partial charge is 0.186 e. The number of hydrogen-bond donors (Lipinski definition) is 2. The third-order valence-electron chi connectivity index (χ3n) is 1.24. The van der Waals surface area contributed by atoms with E-state index in [9.17, 15) is 13.2 Å². The summed E-state index contributed by atoms with van der Waals surface area (Å²) in [6.45, 7) is -0.728. The molecular weight excluding hydrogens is 161 g/mol. The summed E-state index contributed by atoms with van der Waals surface area (Å²) in [4.78, 5) is 0. The molecule has 11 heavy (non-hydrogen) atoms. The largest absolute Gasteiger partial charge is 0.366 e. The first kappa shape index (κ1) is 10.7. The molecule has 0 aromatic carbocycles. The third kappa shape index (κ3) is 4.21. The fourth-order valence-corrected chi connectivity index (χ4v) is 0.618. The van der Waals surface area contributed by atoms with Crippen LogP contribution in [0.1, 0.15) is 12.8 Å². The van der Waals surface area contributed by atoms with Crippen molar-refractivity contribution in [1.82, 2.24) is 0 Å². The van der Waals surface area contributed by atoms with Crippen molar-refractivity contribution in [2.45, 2.75) is 31.5 Å². The summed E-state index contributed by atoms with van der Waals surface area (Å²) < 4.78 is 36.0. The second-order valence-electron chi connectivity index (χ2n) is 2.21. The van der Waals surface area contributed by atoms with Crippen molar-refractivity contribution in [3.05, 3.63) is 0 Å². The summed E-state index contributed by atoms with van der Waals surface area (Å²) in [6.07, 6.45) is -7.07. The van der Waals surface area contributed by atoms with Crippen molar-refractivity contribution in [3.63, 3.8) is 0 Å². The molecule has 0 fully saturated rings. The van der Waals surface area contributed by atoms with Crippen LogP contribution < -0.4 is 0 Å². The van der Waals surface area contributed by atoms with Gasteiger partial charge in [-0.2, -0.15) is 0 Å². The molecule has 2 atom stereocenters. The summed E-state index contributed by atoms with van der Waals surface area (Å²) in [5.41, 5.74) is 0. The zero-order valence-electron chi connectivity index (χ0n) is 5.88. The molecule has 0 aliphatic rings. The molecule has 0 aromatic heterocycles. The van der Waals surface area contributed by atoms with Gasteiger partial charge in [-0.05, 0) is 12.8 Å². The predicted octanol–water partition coefficient (Wildman–Crippen LogP) is 0.723. The van der Waals surface area contributed by atoms with Gasteiger partial charge in [-0.1, -0.05) is 0 Å². The van der Waals surface area contributed by atoms with Gasteiger partial charge in [0.25, 0.3) is 0 Å². The van der Waals surface area contributed by atoms with Gasteiger partial charge in [0.15, 0.2) is 12.5 Å². The number of rotatable bonds is 5. The van der Waals surface area contributed by atoms with E-state index >= 15 is 0 Å². The van der Waals surface area contributed by atoms with Gasteiger partial charge in [0, 0.05) is 0 Å². The van der Waals surface area contributed by atoms with Crippen LogP contribution in [0.2, 0.25) is 0 Å². The van der Waals surface area contributed by atoms with Crippen LogP contribution in [0.15, 0.2) is 0 Å². The molecule has 0 radical (unpaired) electrons. The molecule has 0 heterocycles. The number of halogens is 3. The minimum Gasteiger partial charge on any atom is -0.366 e. The maximum atomic E-state index is 12.4. The molecule has 0 amide bonds. The molecular formula is C6H11F3O2. The van der Waals surface area contributed by atoms with E-state index in [-0.39, 0.29) is 12.8 Å². The van der Waals surface area contributed by atoms with E-state index in [4.69, 9.17) is 10.2 Å². The highest BCUT2D eigenvalue weighted by atomic mass is 19.2. The fraction of sp³-hybridized carbons (Fsp3) is 1.00. The maximum Gasteiger partial charge on any atom is 0.186 e. The van der Waals surface area contributed by atoms with Gasteiger partial charge in [0.1, 0.15) is 6.17 Å². The van der Waals surface area contributed by atoms with Gasteiger partial charge in [0.2, 0.25) is 0 Å². The highest BCUT2D eigenvalue weighted by molar-refractivity contribution is 4.69. The van der Waals surface area contributed by atoms with Crippen molar-refractivity contribution in [1.29, 1.82) is 0 Å². The Hall–Kier alpha value is -0.290. The summed E-state index contributed by atoms with van der Waals surface area (Å²) in [5.74, 6) is 0. The lowest BCUT2D eigenvalue weighted by Crippen LogP contribution is -2.30. The molecule has 0 spiro atoms. The summed E-state index contributed by atoms with van der Waals surface area (Å²) in [7, 11) is 0. The first-order valence-electron chi connectivity index (χ1n) is 3.30. The van der Waals surface area contributed by atoms with Crippen LogP contribution >= 0.6 is 0 Å². The maximum absolute atomic E-state index is 12.4. The third-order valence-corrected chi connectivity index (χ3v) is 1.24. The average Bonchev–Trinajstić information content (AvgIpc) is 1.98. The Morgan fingerprint density at radius 1 is 1.18 bits per heavy atom. The van der Waals surface area contributed by atoms with E-state index < -0.39 is 25.3 Å². The van der Waals surface area contributed by atoms with Crippen molar-refractivity contribution in [2.75, 3.05) is 6.67 Å². The fourth-order valence-electron chi connectivity index (χ4n) is 0.618. The van der Waals surface area contributed by atoms with Gasteiger partial charge in [0.05, 0.1) is 6.67 Å². The van der Waals surface area contributed by atoms with Crippen LogP contribution in [-0.4, -0.2) is 35.5 Å². The van der Waals surface area contributed by atoms with Crippen molar-refractivity contribution >= 4 is 0 Å². The van der Waals surface area contributed by atoms with Crippen LogP contribution in [0.4, 0.5) is 13.2 Å². The van der Waals surface area contributed by atoms with E-state index in [1.54, 1.807) is 0 Å². The molecule has 2 N–H and O–H groups in total. The summed E-state index contributed by atoms with van der Waals surface area (Å²) in [5, 5.41) is 16.3. The van der Waals surface area contributed by atoms with Crippen molar-refractivity contribution in [3.8, 4) is 0 Å². The van der Waals surface area contributed by atoms with Gasteiger partial charge in [-0.3, -0.25) is 4.39 Å². The van der Waals surface area contributed by atoms with Crippen molar-refractivity contribution < 1.29 is 23.4 Å². The van der Waals surface area contributed by atoms with Crippen LogP contribution in [0, 0.1) is 0 Å². The Labute approximate surface area is 62.6 Å². The highest BCUT2D eigenvalue weighted by Crippen LogP contribution is 2.12. The van der Waals surface area contributed by atoms with Gasteiger partial charge < -0.3 is 10.2 Å². The molecule has 0 aliphatic carbocycles. The lowest BCUT2D eigenvalue weighted by molar-refractivity contribution is -0.115. The zero-order valence-corrected chi connectivity index (χ0v) is 5.88. The first-order valence-corrected chi connectivity index (χ1v) is 3.30. The molecule has 68 valence electrons. The molecule has 0 aromatic rings. The Balaban J connectivity index is 3.55. The molecule has 0 rings (SSSR count). The van der Waals surface area contributed by atoms with E-state index in [1.807, 2.05) is 0 Å². The van der Waals surface area contributed by atoms with E-state index in [1.165, 1.54) is 0 Å². The Morgan fingerprint density at radius 3 is 2.09 bits per heavy atom. The molecule has 2 nitrogen and oxygen atoms in total. The minimum atomic E-state index is -2.33. The summed E-state index contributed by atoms with van der Waals surface area (Å²) >= 11 is 0. The predicted molar refractivity (Wildman–Crippen MR) is 33.2 cm³/mol. The number of aliphatic hydroxyl groups is 2. The zero-order chi connectivity index (χ0) is 8.85. The monoisotopic (exact) mass is 172 g/mol. The van der Waals surface area contributed by atoms with Gasteiger partial charge >= 0.3 is 0 Å². The Bertz CT molecular complexity index is 99.8. The quantitative estimate of drug-likeness (QED) is 0.600. The normalized spacial score (nSPS) is 16.9. The number of alkyl halides is 3. The van der Waals surface area contributed by atoms with Crippen LogP contribution in [0.5, 0.6) is 0 Å². The summed E-state index contributed by atoms with van der Waals surface area (Å²) in [6, 6.07) is 0. The SMILES string of the molecule is OC(O)C(F)C(F)CCCF.